The summed E-state index contributed by atoms with van der Waals surface area (Å²) in [5, 5.41) is 16.4. The molecule has 1 rings (SSSR count). The maximum Gasteiger partial charge on any atom is 0.224 e. The van der Waals surface area contributed by atoms with Gasteiger partial charge in [0.05, 0.1) is 5.69 Å². The van der Waals surface area contributed by atoms with Crippen LogP contribution in [0, 0.1) is 18.3 Å². The molecular weight excluding hydrogens is 242 g/mol. The molecule has 6 heteroatoms. The molecule has 0 aromatic carbocycles. The van der Waals surface area contributed by atoms with Gasteiger partial charge in [0, 0.05) is 33.1 Å². The van der Waals surface area contributed by atoms with Crippen LogP contribution in [-0.2, 0) is 11.8 Å². The number of amides is 1. The highest BCUT2D eigenvalue weighted by atomic mass is 16.2. The van der Waals surface area contributed by atoms with Crippen molar-refractivity contribution >= 4 is 11.7 Å². The molecule has 6 nitrogen and oxygen atoms in total. The number of aryl methyl sites for hydroxylation is 2. The van der Waals surface area contributed by atoms with Gasteiger partial charge in [-0.05, 0) is 20.8 Å². The molecule has 1 aromatic heterocycles. The lowest BCUT2D eigenvalue weighted by Crippen LogP contribution is -2.31. The molecule has 0 atom stereocenters. The molecule has 0 saturated heterocycles. The first-order chi connectivity index (χ1) is 9.04. The van der Waals surface area contributed by atoms with Crippen molar-refractivity contribution in [3.05, 3.63) is 11.3 Å². The molecular formula is C13H21N5O. The number of rotatable bonds is 6. The average molecular weight is 263 g/mol. The van der Waals surface area contributed by atoms with Gasteiger partial charge < -0.3 is 10.2 Å². The van der Waals surface area contributed by atoms with Gasteiger partial charge in [-0.25, -0.2) is 0 Å². The third-order valence-electron chi connectivity index (χ3n) is 3.08. The van der Waals surface area contributed by atoms with E-state index in [0.717, 1.165) is 13.1 Å². The SMILES string of the molecule is CCN(CC)C(=O)CCNc1c(C#N)c(C)nn1C. The van der Waals surface area contributed by atoms with E-state index in [0.29, 0.717) is 30.0 Å². The Morgan fingerprint density at radius 2 is 2.11 bits per heavy atom. The molecule has 0 fully saturated rings. The summed E-state index contributed by atoms with van der Waals surface area (Å²) in [6.45, 7) is 7.68. The van der Waals surface area contributed by atoms with Crippen molar-refractivity contribution in [3.63, 3.8) is 0 Å². The fraction of sp³-hybridized carbons (Fsp3) is 0.615. The molecule has 0 aliphatic rings. The van der Waals surface area contributed by atoms with E-state index in [-0.39, 0.29) is 5.91 Å². The van der Waals surface area contributed by atoms with E-state index in [9.17, 15) is 4.79 Å². The van der Waals surface area contributed by atoms with Gasteiger partial charge >= 0.3 is 0 Å². The third-order valence-corrected chi connectivity index (χ3v) is 3.08. The normalized spacial score (nSPS) is 10.1. The van der Waals surface area contributed by atoms with Crippen LogP contribution in [0.2, 0.25) is 0 Å². The summed E-state index contributed by atoms with van der Waals surface area (Å²) in [7, 11) is 1.78. The number of nitrogens with zero attached hydrogens (tertiary/aromatic N) is 4. The number of hydrogen-bond donors (Lipinski definition) is 1. The molecule has 0 bridgehead atoms. The summed E-state index contributed by atoms with van der Waals surface area (Å²) < 4.78 is 1.63. The summed E-state index contributed by atoms with van der Waals surface area (Å²) in [6, 6.07) is 2.13. The minimum atomic E-state index is 0.120. The second kappa shape index (κ2) is 6.78. The fourth-order valence-corrected chi connectivity index (χ4v) is 2.02. The minimum Gasteiger partial charge on any atom is -0.369 e. The van der Waals surface area contributed by atoms with Crippen molar-refractivity contribution in [1.82, 2.24) is 14.7 Å². The van der Waals surface area contributed by atoms with Gasteiger partial charge in [0.15, 0.2) is 0 Å². The number of anilines is 1. The molecule has 0 unspecified atom stereocenters. The Labute approximate surface area is 114 Å². The van der Waals surface area contributed by atoms with Crippen molar-refractivity contribution in [2.24, 2.45) is 7.05 Å². The zero-order valence-corrected chi connectivity index (χ0v) is 12.0. The maximum atomic E-state index is 11.8. The molecule has 1 N–H and O–H groups in total. The molecule has 0 saturated carbocycles. The lowest BCUT2D eigenvalue weighted by Gasteiger charge is -2.18. The molecule has 0 spiro atoms. The minimum absolute atomic E-state index is 0.120. The van der Waals surface area contributed by atoms with Crippen LogP contribution in [-0.4, -0.2) is 40.2 Å². The summed E-state index contributed by atoms with van der Waals surface area (Å²) in [5.74, 6) is 0.794. The van der Waals surface area contributed by atoms with E-state index >= 15 is 0 Å². The van der Waals surface area contributed by atoms with E-state index in [4.69, 9.17) is 5.26 Å². The fourth-order valence-electron chi connectivity index (χ4n) is 2.02. The van der Waals surface area contributed by atoms with E-state index < -0.39 is 0 Å². The number of carbonyl (C=O) groups is 1. The molecule has 1 heterocycles. The average Bonchev–Trinajstić information content (AvgIpc) is 2.65. The monoisotopic (exact) mass is 263 g/mol. The van der Waals surface area contributed by atoms with Crippen LogP contribution in [0.3, 0.4) is 0 Å². The number of nitrogens with one attached hydrogen (secondary N) is 1. The lowest BCUT2D eigenvalue weighted by molar-refractivity contribution is -0.130. The quantitative estimate of drug-likeness (QED) is 0.838. The van der Waals surface area contributed by atoms with Gasteiger partial charge in [-0.1, -0.05) is 0 Å². The van der Waals surface area contributed by atoms with Crippen LogP contribution in [0.15, 0.2) is 0 Å². The van der Waals surface area contributed by atoms with Gasteiger partial charge in [0.2, 0.25) is 5.91 Å². The van der Waals surface area contributed by atoms with Crippen LogP contribution in [0.25, 0.3) is 0 Å². The van der Waals surface area contributed by atoms with E-state index in [2.05, 4.69) is 16.5 Å². The Bertz CT molecular complexity index is 482. The van der Waals surface area contributed by atoms with Gasteiger partial charge in [-0.2, -0.15) is 10.4 Å². The maximum absolute atomic E-state index is 11.8. The Hall–Kier alpha value is -2.03. The zero-order chi connectivity index (χ0) is 14.4. The van der Waals surface area contributed by atoms with Crippen molar-refractivity contribution < 1.29 is 4.79 Å². The van der Waals surface area contributed by atoms with Gasteiger partial charge in [0.1, 0.15) is 17.5 Å². The van der Waals surface area contributed by atoms with Crippen LogP contribution in [0.1, 0.15) is 31.5 Å². The summed E-state index contributed by atoms with van der Waals surface area (Å²) in [4.78, 5) is 13.6. The van der Waals surface area contributed by atoms with Crippen LogP contribution in [0.5, 0.6) is 0 Å². The second-order valence-corrected chi connectivity index (χ2v) is 4.29. The topological polar surface area (TPSA) is 74.0 Å². The largest absolute Gasteiger partial charge is 0.369 e. The molecule has 1 aromatic rings. The summed E-state index contributed by atoms with van der Waals surface area (Å²) in [6.07, 6.45) is 0.413. The predicted molar refractivity (Wildman–Crippen MR) is 73.7 cm³/mol. The molecule has 0 radical (unpaired) electrons. The van der Waals surface area contributed by atoms with E-state index in [1.54, 1.807) is 23.6 Å². The zero-order valence-electron chi connectivity index (χ0n) is 12.0. The Balaban J connectivity index is 2.59. The predicted octanol–water partition coefficient (Wildman–Crippen LogP) is 1.27. The van der Waals surface area contributed by atoms with Gasteiger partial charge in [-0.15, -0.1) is 0 Å². The summed E-state index contributed by atoms with van der Waals surface area (Å²) >= 11 is 0. The molecule has 1 amide bonds. The van der Waals surface area contributed by atoms with Crippen molar-refractivity contribution in [3.8, 4) is 6.07 Å². The van der Waals surface area contributed by atoms with E-state index in [1.807, 2.05) is 13.8 Å². The molecule has 0 aliphatic carbocycles. The lowest BCUT2D eigenvalue weighted by atomic mass is 10.2. The smallest absolute Gasteiger partial charge is 0.224 e. The first-order valence-electron chi connectivity index (χ1n) is 6.50. The van der Waals surface area contributed by atoms with Gasteiger partial charge in [0.25, 0.3) is 0 Å². The molecule has 19 heavy (non-hydrogen) atoms. The van der Waals surface area contributed by atoms with Crippen LogP contribution >= 0.6 is 0 Å². The number of carbonyl (C=O) groups excluding carboxylic acids is 1. The summed E-state index contributed by atoms with van der Waals surface area (Å²) in [5.41, 5.74) is 1.24. The first kappa shape index (κ1) is 15.0. The highest BCUT2D eigenvalue weighted by Crippen LogP contribution is 2.17. The number of hydrogen-bond acceptors (Lipinski definition) is 4. The second-order valence-electron chi connectivity index (χ2n) is 4.29. The Morgan fingerprint density at radius 1 is 1.47 bits per heavy atom. The Kier molecular flexibility index (Phi) is 5.37. The van der Waals surface area contributed by atoms with E-state index in [1.165, 1.54) is 0 Å². The first-order valence-corrected chi connectivity index (χ1v) is 6.50. The van der Waals surface area contributed by atoms with Crippen LogP contribution in [0.4, 0.5) is 5.82 Å². The van der Waals surface area contributed by atoms with Crippen molar-refractivity contribution in [1.29, 1.82) is 5.26 Å². The highest BCUT2D eigenvalue weighted by molar-refractivity contribution is 5.76. The highest BCUT2D eigenvalue weighted by Gasteiger charge is 2.13. The third kappa shape index (κ3) is 3.47. The Morgan fingerprint density at radius 3 is 2.63 bits per heavy atom. The van der Waals surface area contributed by atoms with Crippen molar-refractivity contribution in [2.75, 3.05) is 25.0 Å². The number of nitriles is 1. The number of aromatic nitrogens is 2. The van der Waals surface area contributed by atoms with Crippen molar-refractivity contribution in [2.45, 2.75) is 27.2 Å². The molecule has 0 aliphatic heterocycles. The van der Waals surface area contributed by atoms with Gasteiger partial charge in [-0.3, -0.25) is 9.48 Å². The standard InChI is InChI=1S/C13H21N5O/c1-5-18(6-2)12(19)7-8-15-13-11(9-14)10(3)16-17(13)4/h15H,5-8H2,1-4H3. The van der Waals surface area contributed by atoms with Crippen LogP contribution < -0.4 is 5.32 Å². The molecule has 104 valence electrons.